The van der Waals surface area contributed by atoms with Crippen LogP contribution in [0.1, 0.15) is 36.0 Å². The highest BCUT2D eigenvalue weighted by Gasteiger charge is 2.25. The van der Waals surface area contributed by atoms with Crippen LogP contribution in [0, 0.1) is 6.92 Å². The Hall–Kier alpha value is -7.62. The Bertz CT molecular complexity index is 3670. The maximum atomic E-state index is 6.40. The number of nitrogens with zero attached hydrogens (tertiary/aromatic N) is 1. The third-order valence-corrected chi connectivity index (χ3v) is 13.2. The minimum absolute atomic E-state index is 0.253. The van der Waals surface area contributed by atoms with Gasteiger partial charge in [0.25, 0.3) is 0 Å². The van der Waals surface area contributed by atoms with Crippen LogP contribution in [-0.2, 0) is 6.42 Å². The monoisotopic (exact) mass is 797 g/mol. The highest BCUT2D eigenvalue weighted by molar-refractivity contribution is 6.17. The lowest BCUT2D eigenvalue weighted by molar-refractivity contribution is 0.659. The zero-order valence-corrected chi connectivity index (χ0v) is 34.7. The van der Waals surface area contributed by atoms with Crippen LogP contribution >= 0.6 is 0 Å². The first-order chi connectivity index (χ1) is 30.6. The SMILES string of the molecule is CCC(Cc1ccc2oc3ccccc3c2c1)c1ccc2c(c1-c1cc(-c3ccc4c(c3)oc3ccccc34)ccc1C)c1ccccc1n2-c1cccc(-c2ccccc2)c1. The van der Waals surface area contributed by atoms with E-state index < -0.39 is 0 Å². The number of hydrogen-bond acceptors (Lipinski definition) is 2. The van der Waals surface area contributed by atoms with Gasteiger partial charge in [-0.25, -0.2) is 0 Å². The first-order valence-corrected chi connectivity index (χ1v) is 21.7. The molecule has 0 radical (unpaired) electrons. The van der Waals surface area contributed by atoms with E-state index in [1.54, 1.807) is 0 Å². The van der Waals surface area contributed by atoms with Gasteiger partial charge < -0.3 is 13.4 Å². The molecule has 0 spiro atoms. The number of aromatic nitrogens is 1. The second-order valence-corrected chi connectivity index (χ2v) is 16.8. The van der Waals surface area contributed by atoms with Crippen molar-refractivity contribution in [3.8, 4) is 39.1 Å². The minimum atomic E-state index is 0.253. The molecule has 0 aliphatic heterocycles. The number of furan rings is 2. The van der Waals surface area contributed by atoms with Crippen LogP contribution in [0.25, 0.3) is 105 Å². The fraction of sp³-hybridized carbons (Fsp3) is 0.0847. The summed E-state index contributed by atoms with van der Waals surface area (Å²) in [5.74, 6) is 0.253. The molecule has 0 aliphatic rings. The van der Waals surface area contributed by atoms with Crippen molar-refractivity contribution in [2.24, 2.45) is 0 Å². The highest BCUT2D eigenvalue weighted by atomic mass is 16.3. The van der Waals surface area contributed by atoms with Gasteiger partial charge in [-0.05, 0) is 142 Å². The van der Waals surface area contributed by atoms with Crippen LogP contribution in [0.5, 0.6) is 0 Å². The van der Waals surface area contributed by atoms with Crippen molar-refractivity contribution in [3.05, 3.63) is 211 Å². The van der Waals surface area contributed by atoms with Crippen LogP contribution in [0.2, 0.25) is 0 Å². The number of aryl methyl sites for hydroxylation is 1. The summed E-state index contributed by atoms with van der Waals surface area (Å²) in [6, 6.07) is 70.5. The molecule has 0 bridgehead atoms. The van der Waals surface area contributed by atoms with E-state index in [2.05, 4.69) is 200 Å². The van der Waals surface area contributed by atoms with Crippen LogP contribution < -0.4 is 0 Å². The molecular formula is C59H43NO2. The lowest BCUT2D eigenvalue weighted by atomic mass is 9.81. The summed E-state index contributed by atoms with van der Waals surface area (Å²) >= 11 is 0. The lowest BCUT2D eigenvalue weighted by Crippen LogP contribution is -2.05. The summed E-state index contributed by atoms with van der Waals surface area (Å²) in [7, 11) is 0. The Kier molecular flexibility index (Phi) is 8.50. The third kappa shape index (κ3) is 5.88. The minimum Gasteiger partial charge on any atom is -0.456 e. The second-order valence-electron chi connectivity index (χ2n) is 16.8. The summed E-state index contributed by atoms with van der Waals surface area (Å²) < 4.78 is 15.1. The molecule has 1 atom stereocenters. The van der Waals surface area contributed by atoms with Crippen molar-refractivity contribution in [1.29, 1.82) is 0 Å². The molecule has 3 aromatic heterocycles. The second kappa shape index (κ2) is 14.5. The molecule has 296 valence electrons. The third-order valence-electron chi connectivity index (χ3n) is 13.2. The molecule has 3 heteroatoms. The van der Waals surface area contributed by atoms with E-state index in [0.717, 1.165) is 62.6 Å². The normalized spacial score (nSPS) is 12.4. The first-order valence-electron chi connectivity index (χ1n) is 21.7. The Balaban J connectivity index is 1.09. The van der Waals surface area contributed by atoms with Crippen molar-refractivity contribution in [3.63, 3.8) is 0 Å². The van der Waals surface area contributed by atoms with E-state index in [-0.39, 0.29) is 5.92 Å². The van der Waals surface area contributed by atoms with E-state index in [1.807, 2.05) is 12.1 Å². The van der Waals surface area contributed by atoms with Crippen LogP contribution in [0.4, 0.5) is 0 Å². The maximum absolute atomic E-state index is 6.40. The zero-order valence-electron chi connectivity index (χ0n) is 34.7. The molecule has 0 N–H and O–H groups in total. The number of fused-ring (bicyclic) bond motifs is 9. The van der Waals surface area contributed by atoms with Gasteiger partial charge >= 0.3 is 0 Å². The predicted octanol–water partition coefficient (Wildman–Crippen LogP) is 16.6. The molecule has 0 aliphatic carbocycles. The van der Waals surface area contributed by atoms with Gasteiger partial charge in [-0.3, -0.25) is 0 Å². The topological polar surface area (TPSA) is 31.2 Å². The van der Waals surface area contributed by atoms with Crippen molar-refractivity contribution in [1.82, 2.24) is 4.57 Å². The number of benzene rings is 9. The number of para-hydroxylation sites is 3. The van der Waals surface area contributed by atoms with E-state index in [4.69, 9.17) is 8.83 Å². The number of rotatable bonds is 8. The van der Waals surface area contributed by atoms with Crippen molar-refractivity contribution >= 4 is 65.7 Å². The fourth-order valence-electron chi connectivity index (χ4n) is 10.1. The highest BCUT2D eigenvalue weighted by Crippen LogP contribution is 2.46. The Labute approximate surface area is 360 Å². The van der Waals surface area contributed by atoms with Crippen molar-refractivity contribution in [2.45, 2.75) is 32.6 Å². The number of hydrogen-bond donors (Lipinski definition) is 0. The maximum Gasteiger partial charge on any atom is 0.136 e. The predicted molar refractivity (Wildman–Crippen MR) is 260 cm³/mol. The Morgan fingerprint density at radius 3 is 1.92 bits per heavy atom. The van der Waals surface area contributed by atoms with Crippen LogP contribution in [0.3, 0.4) is 0 Å². The largest absolute Gasteiger partial charge is 0.456 e. The van der Waals surface area contributed by atoms with E-state index >= 15 is 0 Å². The van der Waals surface area contributed by atoms with E-state index in [1.165, 1.54) is 71.7 Å². The Morgan fingerprint density at radius 2 is 1.10 bits per heavy atom. The van der Waals surface area contributed by atoms with Crippen molar-refractivity contribution < 1.29 is 8.83 Å². The molecule has 1 unspecified atom stereocenters. The molecule has 62 heavy (non-hydrogen) atoms. The molecule has 12 aromatic rings. The van der Waals surface area contributed by atoms with Crippen LogP contribution in [0.15, 0.2) is 203 Å². The summed E-state index contributed by atoms with van der Waals surface area (Å²) in [4.78, 5) is 0. The average Bonchev–Trinajstić information content (AvgIpc) is 4.00. The molecule has 9 aromatic carbocycles. The smallest absolute Gasteiger partial charge is 0.136 e. The lowest BCUT2D eigenvalue weighted by Gasteiger charge is -2.23. The molecule has 3 heterocycles. The standard InChI is InChI=1S/C59H43NO2/c1-3-39(32-38-25-31-56-51(33-38)47-19-9-12-23-55(47)61-56)45-29-30-53-59(49-20-7-10-21-52(49)60(53)44-17-13-16-41(34-44)40-14-5-4-6-15-40)58(45)50-35-42(26-24-37(50)2)43-27-28-48-46-18-8-11-22-54(46)62-57(48)36-43/h4-31,33-36,39H,3,32H2,1-2H3. The van der Waals surface area contributed by atoms with E-state index in [0.29, 0.717) is 0 Å². The summed E-state index contributed by atoms with van der Waals surface area (Å²) in [6.45, 7) is 4.61. The molecule has 0 saturated carbocycles. The molecular weight excluding hydrogens is 755 g/mol. The van der Waals surface area contributed by atoms with Gasteiger partial charge in [0.15, 0.2) is 0 Å². The zero-order chi connectivity index (χ0) is 41.3. The summed E-state index contributed by atoms with van der Waals surface area (Å²) in [6.07, 6.45) is 1.89. The van der Waals surface area contributed by atoms with Gasteiger partial charge in [-0.15, -0.1) is 0 Å². The van der Waals surface area contributed by atoms with Gasteiger partial charge in [-0.1, -0.05) is 134 Å². The quantitative estimate of drug-likeness (QED) is 0.153. The molecule has 0 amide bonds. The van der Waals surface area contributed by atoms with Gasteiger partial charge in [0.05, 0.1) is 11.0 Å². The summed E-state index contributed by atoms with van der Waals surface area (Å²) in [5, 5.41) is 7.16. The van der Waals surface area contributed by atoms with Gasteiger partial charge in [-0.2, -0.15) is 0 Å². The van der Waals surface area contributed by atoms with Gasteiger partial charge in [0.1, 0.15) is 22.3 Å². The van der Waals surface area contributed by atoms with Gasteiger partial charge in [0.2, 0.25) is 0 Å². The molecule has 3 nitrogen and oxygen atoms in total. The summed E-state index contributed by atoms with van der Waals surface area (Å²) in [5.41, 5.74) is 18.4. The Morgan fingerprint density at radius 1 is 0.452 bits per heavy atom. The van der Waals surface area contributed by atoms with E-state index in [9.17, 15) is 0 Å². The first kappa shape index (κ1) is 36.2. The molecule has 12 rings (SSSR count). The average molecular weight is 798 g/mol. The molecule has 0 saturated heterocycles. The van der Waals surface area contributed by atoms with Crippen LogP contribution in [-0.4, -0.2) is 4.57 Å². The molecule has 0 fully saturated rings. The van der Waals surface area contributed by atoms with Crippen molar-refractivity contribution in [2.75, 3.05) is 0 Å². The fourth-order valence-corrected chi connectivity index (χ4v) is 10.1. The van der Waals surface area contributed by atoms with Gasteiger partial charge in [0, 0.05) is 38.0 Å².